The molecule has 0 saturated heterocycles. The lowest BCUT2D eigenvalue weighted by Crippen LogP contribution is -1.97. The maximum Gasteiger partial charge on any atom is 0.137 e. The number of rotatable bonds is 5. The normalized spacial score (nSPS) is 10.0. The van der Waals surface area contributed by atoms with Crippen molar-refractivity contribution in [1.82, 2.24) is 4.98 Å². The molecular weight excluding hydrogens is 230 g/mol. The largest absolute Gasteiger partial charge is 0.492 e. The van der Waals surface area contributed by atoms with Crippen molar-refractivity contribution in [3.8, 4) is 5.75 Å². The van der Waals surface area contributed by atoms with Crippen molar-refractivity contribution in [2.24, 2.45) is 0 Å². The number of hydrogen-bond donors (Lipinski definition) is 0. The van der Waals surface area contributed by atoms with Gasteiger partial charge in [-0.25, -0.2) is 0 Å². The summed E-state index contributed by atoms with van der Waals surface area (Å²) in [5.74, 6) is 0.859. The maximum atomic E-state index is 5.47. The van der Waals surface area contributed by atoms with Gasteiger partial charge in [0.15, 0.2) is 0 Å². The van der Waals surface area contributed by atoms with E-state index in [2.05, 4.69) is 27.8 Å². The van der Waals surface area contributed by atoms with E-state index < -0.39 is 0 Å². The topological polar surface area (TPSA) is 22.1 Å². The number of nitrogens with zero attached hydrogens (tertiary/aromatic N) is 1. The molecule has 0 spiro atoms. The molecule has 0 fully saturated rings. The number of ether oxygens (including phenoxy) is 1. The van der Waals surface area contributed by atoms with Crippen molar-refractivity contribution in [1.29, 1.82) is 0 Å². The fourth-order valence-electron chi connectivity index (χ4n) is 0.910. The zero-order valence-corrected chi connectivity index (χ0v) is 9.38. The van der Waals surface area contributed by atoms with Crippen LogP contribution in [0.5, 0.6) is 5.75 Å². The Morgan fingerprint density at radius 1 is 1.46 bits per heavy atom. The minimum absolute atomic E-state index is 0.784. The molecule has 0 saturated carbocycles. The van der Waals surface area contributed by atoms with Gasteiger partial charge in [-0.05, 0) is 18.6 Å². The molecule has 13 heavy (non-hydrogen) atoms. The zero-order valence-electron chi connectivity index (χ0n) is 7.79. The third-order valence-corrected chi connectivity index (χ3v) is 2.28. The molecule has 0 bridgehead atoms. The molecule has 0 amide bonds. The van der Waals surface area contributed by atoms with Gasteiger partial charge >= 0.3 is 0 Å². The van der Waals surface area contributed by atoms with Crippen LogP contribution >= 0.6 is 15.9 Å². The van der Waals surface area contributed by atoms with Crippen molar-refractivity contribution in [3.05, 3.63) is 24.0 Å². The molecule has 72 valence electrons. The van der Waals surface area contributed by atoms with Crippen LogP contribution in [0.1, 0.15) is 25.5 Å². The molecule has 1 aromatic heterocycles. The third kappa shape index (κ3) is 3.77. The van der Waals surface area contributed by atoms with Crippen molar-refractivity contribution in [3.63, 3.8) is 0 Å². The smallest absolute Gasteiger partial charge is 0.137 e. The molecule has 0 aliphatic heterocycles. The summed E-state index contributed by atoms with van der Waals surface area (Å²) < 4.78 is 5.47. The number of halogens is 1. The second-order valence-electron chi connectivity index (χ2n) is 2.82. The molecule has 0 N–H and O–H groups in total. The van der Waals surface area contributed by atoms with E-state index in [0.717, 1.165) is 36.2 Å². The standard InChI is InChI=1S/C10H14BrNO/c1-2-3-6-13-10-5-4-9(7-11)12-8-10/h4-5,8H,2-3,6-7H2,1H3. The van der Waals surface area contributed by atoms with Gasteiger partial charge in [-0.3, -0.25) is 4.98 Å². The van der Waals surface area contributed by atoms with Gasteiger partial charge in [0.25, 0.3) is 0 Å². The van der Waals surface area contributed by atoms with E-state index in [0.29, 0.717) is 0 Å². The average molecular weight is 244 g/mol. The highest BCUT2D eigenvalue weighted by molar-refractivity contribution is 9.08. The second kappa shape index (κ2) is 5.97. The summed E-state index contributed by atoms with van der Waals surface area (Å²) in [6.07, 6.45) is 4.03. The SMILES string of the molecule is CCCCOc1ccc(CBr)nc1. The van der Waals surface area contributed by atoms with Gasteiger partial charge in [0.1, 0.15) is 5.75 Å². The predicted octanol–water partition coefficient (Wildman–Crippen LogP) is 3.16. The van der Waals surface area contributed by atoms with Crippen molar-refractivity contribution in [2.75, 3.05) is 6.61 Å². The Morgan fingerprint density at radius 3 is 2.85 bits per heavy atom. The van der Waals surface area contributed by atoms with Gasteiger partial charge in [0.2, 0.25) is 0 Å². The Morgan fingerprint density at radius 2 is 2.31 bits per heavy atom. The molecule has 1 aromatic rings. The average Bonchev–Trinajstić information content (AvgIpc) is 2.19. The fraction of sp³-hybridized carbons (Fsp3) is 0.500. The highest BCUT2D eigenvalue weighted by Crippen LogP contribution is 2.11. The van der Waals surface area contributed by atoms with E-state index in [4.69, 9.17) is 4.74 Å². The van der Waals surface area contributed by atoms with Crippen LogP contribution in [-0.2, 0) is 5.33 Å². The highest BCUT2D eigenvalue weighted by atomic mass is 79.9. The Hall–Kier alpha value is -0.570. The summed E-state index contributed by atoms with van der Waals surface area (Å²) in [6.45, 7) is 2.93. The summed E-state index contributed by atoms with van der Waals surface area (Å²) in [4.78, 5) is 4.20. The van der Waals surface area contributed by atoms with E-state index in [1.54, 1.807) is 6.20 Å². The minimum atomic E-state index is 0.784. The van der Waals surface area contributed by atoms with Gasteiger partial charge < -0.3 is 4.74 Å². The number of pyridine rings is 1. The zero-order chi connectivity index (χ0) is 9.52. The molecule has 2 nitrogen and oxygen atoms in total. The van der Waals surface area contributed by atoms with Crippen molar-refractivity contribution < 1.29 is 4.74 Å². The first kappa shape index (κ1) is 10.5. The van der Waals surface area contributed by atoms with Crippen LogP contribution in [0, 0.1) is 0 Å². The van der Waals surface area contributed by atoms with Crippen molar-refractivity contribution >= 4 is 15.9 Å². The van der Waals surface area contributed by atoms with E-state index in [1.165, 1.54) is 0 Å². The predicted molar refractivity (Wildman–Crippen MR) is 57.3 cm³/mol. The molecule has 0 atom stereocenters. The third-order valence-electron chi connectivity index (χ3n) is 1.70. The number of hydrogen-bond acceptors (Lipinski definition) is 2. The van der Waals surface area contributed by atoms with Crippen LogP contribution in [-0.4, -0.2) is 11.6 Å². The van der Waals surface area contributed by atoms with E-state index in [1.807, 2.05) is 12.1 Å². The Bertz CT molecular complexity index is 235. The molecular formula is C10H14BrNO. The maximum absolute atomic E-state index is 5.47. The highest BCUT2D eigenvalue weighted by Gasteiger charge is 1.94. The summed E-state index contributed by atoms with van der Waals surface area (Å²) in [6, 6.07) is 3.93. The fourth-order valence-corrected chi connectivity index (χ4v) is 1.24. The van der Waals surface area contributed by atoms with E-state index in [-0.39, 0.29) is 0 Å². The first-order chi connectivity index (χ1) is 6.36. The van der Waals surface area contributed by atoms with Crippen LogP contribution in [0.25, 0.3) is 0 Å². The first-order valence-corrected chi connectivity index (χ1v) is 5.62. The molecule has 1 rings (SSSR count). The molecule has 3 heteroatoms. The summed E-state index contributed by atoms with van der Waals surface area (Å²) >= 11 is 3.34. The van der Waals surface area contributed by atoms with Crippen LogP contribution in [0.3, 0.4) is 0 Å². The van der Waals surface area contributed by atoms with Crippen LogP contribution in [0.2, 0.25) is 0 Å². The molecule has 0 unspecified atom stereocenters. The summed E-state index contributed by atoms with van der Waals surface area (Å²) in [7, 11) is 0. The molecule has 1 heterocycles. The Balaban J connectivity index is 2.40. The lowest BCUT2D eigenvalue weighted by atomic mass is 10.3. The van der Waals surface area contributed by atoms with Crippen LogP contribution in [0.4, 0.5) is 0 Å². The van der Waals surface area contributed by atoms with E-state index >= 15 is 0 Å². The number of alkyl halides is 1. The molecule has 0 radical (unpaired) electrons. The van der Waals surface area contributed by atoms with Crippen LogP contribution < -0.4 is 4.74 Å². The van der Waals surface area contributed by atoms with Gasteiger partial charge in [0.05, 0.1) is 18.5 Å². The monoisotopic (exact) mass is 243 g/mol. The Kier molecular flexibility index (Phi) is 4.83. The summed E-state index contributed by atoms with van der Waals surface area (Å²) in [5, 5.41) is 0.794. The summed E-state index contributed by atoms with van der Waals surface area (Å²) in [5.41, 5.74) is 1.03. The van der Waals surface area contributed by atoms with Crippen LogP contribution in [0.15, 0.2) is 18.3 Å². The lowest BCUT2D eigenvalue weighted by molar-refractivity contribution is 0.308. The first-order valence-electron chi connectivity index (χ1n) is 4.50. The van der Waals surface area contributed by atoms with Gasteiger partial charge in [0, 0.05) is 5.33 Å². The van der Waals surface area contributed by atoms with Gasteiger partial charge in [-0.1, -0.05) is 29.3 Å². The molecule has 0 aromatic carbocycles. The van der Waals surface area contributed by atoms with Gasteiger partial charge in [-0.2, -0.15) is 0 Å². The molecule has 0 aliphatic carbocycles. The minimum Gasteiger partial charge on any atom is -0.492 e. The number of aromatic nitrogens is 1. The second-order valence-corrected chi connectivity index (χ2v) is 3.38. The lowest BCUT2D eigenvalue weighted by Gasteiger charge is -2.04. The van der Waals surface area contributed by atoms with Crippen molar-refractivity contribution in [2.45, 2.75) is 25.1 Å². The Labute approximate surface area is 87.5 Å². The quantitative estimate of drug-likeness (QED) is 0.586. The van der Waals surface area contributed by atoms with E-state index in [9.17, 15) is 0 Å². The number of unbranched alkanes of at least 4 members (excludes halogenated alkanes) is 1. The molecule has 0 aliphatic rings. The van der Waals surface area contributed by atoms with Gasteiger partial charge in [-0.15, -0.1) is 0 Å².